The molecule has 0 saturated heterocycles. The lowest BCUT2D eigenvalue weighted by molar-refractivity contribution is -0.147. The van der Waals surface area contributed by atoms with Crippen LogP contribution in [0.3, 0.4) is 0 Å². The first-order valence-electron chi connectivity index (χ1n) is 4.79. The number of aromatic amines is 1. The van der Waals surface area contributed by atoms with Gasteiger partial charge in [0.25, 0.3) is 0 Å². The lowest BCUT2D eigenvalue weighted by atomic mass is 10.1. The van der Waals surface area contributed by atoms with Crippen molar-refractivity contribution in [1.29, 1.82) is 0 Å². The van der Waals surface area contributed by atoms with Crippen LogP contribution in [0.15, 0.2) is 6.20 Å². The van der Waals surface area contributed by atoms with Crippen LogP contribution >= 0.6 is 0 Å². The van der Waals surface area contributed by atoms with Crippen LogP contribution in [0.4, 0.5) is 0 Å². The number of aromatic nitrogens is 2. The van der Waals surface area contributed by atoms with Gasteiger partial charge in [0.2, 0.25) is 0 Å². The second-order valence-corrected chi connectivity index (χ2v) is 3.99. The average molecular weight is 211 g/mol. The summed E-state index contributed by atoms with van der Waals surface area (Å²) in [5, 5.41) is 9.87. The molecule has 5 nitrogen and oxygen atoms in total. The summed E-state index contributed by atoms with van der Waals surface area (Å²) in [6.07, 6.45) is 1.75. The number of H-pyrrole nitrogens is 1. The lowest BCUT2D eigenvalue weighted by Gasteiger charge is -2.22. The van der Waals surface area contributed by atoms with E-state index < -0.39 is 5.54 Å². The van der Waals surface area contributed by atoms with E-state index in [-0.39, 0.29) is 5.97 Å². The molecule has 0 spiro atoms. The summed E-state index contributed by atoms with van der Waals surface area (Å²) in [6.45, 7) is 6.10. The molecule has 0 bridgehead atoms. The fourth-order valence-electron chi connectivity index (χ4n) is 1.20. The SMILES string of the molecule is COC(=O)C(C)(C)NCc1cn[nH]c1C. The van der Waals surface area contributed by atoms with Crippen molar-refractivity contribution in [2.45, 2.75) is 32.9 Å². The van der Waals surface area contributed by atoms with Crippen molar-refractivity contribution in [3.8, 4) is 0 Å². The number of esters is 1. The predicted octanol–water partition coefficient (Wildman–Crippen LogP) is 0.759. The third-order valence-corrected chi connectivity index (χ3v) is 2.35. The summed E-state index contributed by atoms with van der Waals surface area (Å²) in [5.74, 6) is -0.274. The van der Waals surface area contributed by atoms with Crippen molar-refractivity contribution in [1.82, 2.24) is 15.5 Å². The molecule has 0 amide bonds. The first-order valence-corrected chi connectivity index (χ1v) is 4.79. The second-order valence-electron chi connectivity index (χ2n) is 3.99. The van der Waals surface area contributed by atoms with Crippen molar-refractivity contribution in [3.05, 3.63) is 17.5 Å². The maximum absolute atomic E-state index is 11.4. The Labute approximate surface area is 89.2 Å². The molecule has 1 aromatic heterocycles. The van der Waals surface area contributed by atoms with Crippen LogP contribution in [0, 0.1) is 6.92 Å². The van der Waals surface area contributed by atoms with Gasteiger partial charge in [-0.05, 0) is 20.8 Å². The number of methoxy groups -OCH3 is 1. The smallest absolute Gasteiger partial charge is 0.325 e. The Morgan fingerprint density at radius 3 is 2.80 bits per heavy atom. The number of hydrogen-bond donors (Lipinski definition) is 2. The molecule has 0 saturated carbocycles. The number of carbonyl (C=O) groups is 1. The van der Waals surface area contributed by atoms with Gasteiger partial charge in [-0.25, -0.2) is 0 Å². The minimum Gasteiger partial charge on any atom is -0.468 e. The van der Waals surface area contributed by atoms with E-state index in [1.165, 1.54) is 7.11 Å². The Balaban J connectivity index is 2.57. The summed E-state index contributed by atoms with van der Waals surface area (Å²) in [6, 6.07) is 0. The molecular formula is C10H17N3O2. The summed E-state index contributed by atoms with van der Waals surface area (Å²) in [4.78, 5) is 11.4. The average Bonchev–Trinajstić information content (AvgIpc) is 2.60. The zero-order valence-electron chi connectivity index (χ0n) is 9.55. The van der Waals surface area contributed by atoms with Crippen molar-refractivity contribution < 1.29 is 9.53 Å². The zero-order chi connectivity index (χ0) is 11.5. The number of nitrogens with zero attached hydrogens (tertiary/aromatic N) is 1. The summed E-state index contributed by atoms with van der Waals surface area (Å²) in [7, 11) is 1.38. The highest BCUT2D eigenvalue weighted by Gasteiger charge is 2.27. The Kier molecular flexibility index (Phi) is 3.47. The highest BCUT2D eigenvalue weighted by atomic mass is 16.5. The van der Waals surface area contributed by atoms with Gasteiger partial charge in [0.1, 0.15) is 5.54 Å². The van der Waals surface area contributed by atoms with Gasteiger partial charge in [-0.1, -0.05) is 0 Å². The number of hydrogen-bond acceptors (Lipinski definition) is 4. The molecule has 1 aromatic rings. The minimum absolute atomic E-state index is 0.274. The maximum Gasteiger partial charge on any atom is 0.325 e. The van der Waals surface area contributed by atoms with E-state index in [9.17, 15) is 4.79 Å². The van der Waals surface area contributed by atoms with Gasteiger partial charge in [0, 0.05) is 17.8 Å². The van der Waals surface area contributed by atoms with E-state index in [4.69, 9.17) is 4.74 Å². The van der Waals surface area contributed by atoms with Gasteiger partial charge in [0.15, 0.2) is 0 Å². The van der Waals surface area contributed by atoms with Crippen molar-refractivity contribution >= 4 is 5.97 Å². The molecule has 0 unspecified atom stereocenters. The van der Waals surface area contributed by atoms with E-state index in [1.807, 2.05) is 6.92 Å². The Bertz CT molecular complexity index is 344. The molecule has 0 aliphatic carbocycles. The summed E-state index contributed by atoms with van der Waals surface area (Å²) < 4.78 is 4.69. The largest absolute Gasteiger partial charge is 0.468 e. The molecule has 0 aliphatic rings. The van der Waals surface area contributed by atoms with Gasteiger partial charge < -0.3 is 4.74 Å². The van der Waals surface area contributed by atoms with E-state index >= 15 is 0 Å². The van der Waals surface area contributed by atoms with Crippen LogP contribution in [-0.4, -0.2) is 28.8 Å². The first-order chi connectivity index (χ1) is 6.97. The third kappa shape index (κ3) is 2.79. The Hall–Kier alpha value is -1.36. The van der Waals surface area contributed by atoms with Gasteiger partial charge >= 0.3 is 5.97 Å². The minimum atomic E-state index is -0.682. The summed E-state index contributed by atoms with van der Waals surface area (Å²) in [5.41, 5.74) is 1.37. The molecule has 2 N–H and O–H groups in total. The molecule has 5 heteroatoms. The molecule has 84 valence electrons. The van der Waals surface area contributed by atoms with Crippen molar-refractivity contribution in [2.24, 2.45) is 0 Å². The highest BCUT2D eigenvalue weighted by Crippen LogP contribution is 2.08. The number of ether oxygens (including phenoxy) is 1. The van der Waals surface area contributed by atoms with Crippen LogP contribution in [0.1, 0.15) is 25.1 Å². The molecule has 0 fully saturated rings. The molecule has 0 radical (unpaired) electrons. The van der Waals surface area contributed by atoms with Crippen LogP contribution in [-0.2, 0) is 16.1 Å². The molecule has 0 atom stereocenters. The fraction of sp³-hybridized carbons (Fsp3) is 0.600. The Morgan fingerprint density at radius 1 is 1.67 bits per heavy atom. The van der Waals surface area contributed by atoms with Crippen LogP contribution in [0.2, 0.25) is 0 Å². The van der Waals surface area contributed by atoms with Crippen LogP contribution in [0.25, 0.3) is 0 Å². The van der Waals surface area contributed by atoms with Gasteiger partial charge in [-0.15, -0.1) is 0 Å². The lowest BCUT2D eigenvalue weighted by Crippen LogP contribution is -2.47. The van der Waals surface area contributed by atoms with Gasteiger partial charge in [-0.3, -0.25) is 15.2 Å². The molecule has 1 rings (SSSR count). The van der Waals surface area contributed by atoms with E-state index in [1.54, 1.807) is 20.0 Å². The van der Waals surface area contributed by atoms with E-state index in [0.29, 0.717) is 6.54 Å². The van der Waals surface area contributed by atoms with Crippen molar-refractivity contribution in [3.63, 3.8) is 0 Å². The number of aryl methyl sites for hydroxylation is 1. The summed E-state index contributed by atoms with van der Waals surface area (Å²) >= 11 is 0. The molecule has 1 heterocycles. The second kappa shape index (κ2) is 4.44. The fourth-order valence-corrected chi connectivity index (χ4v) is 1.20. The standard InChI is InChI=1S/C10H17N3O2/c1-7-8(6-12-13-7)5-11-10(2,3)9(14)15-4/h6,11H,5H2,1-4H3,(H,12,13). The number of rotatable bonds is 4. The number of nitrogens with one attached hydrogen (secondary N) is 2. The monoisotopic (exact) mass is 211 g/mol. The molecular weight excluding hydrogens is 194 g/mol. The third-order valence-electron chi connectivity index (χ3n) is 2.35. The first kappa shape index (κ1) is 11.7. The molecule has 0 aliphatic heterocycles. The van der Waals surface area contributed by atoms with Crippen molar-refractivity contribution in [2.75, 3.05) is 7.11 Å². The predicted molar refractivity (Wildman–Crippen MR) is 56.3 cm³/mol. The van der Waals surface area contributed by atoms with E-state index in [2.05, 4.69) is 15.5 Å². The topological polar surface area (TPSA) is 67.0 Å². The number of carbonyl (C=O) groups excluding carboxylic acids is 1. The van der Waals surface area contributed by atoms with Crippen LogP contribution in [0.5, 0.6) is 0 Å². The molecule has 0 aromatic carbocycles. The zero-order valence-corrected chi connectivity index (χ0v) is 9.55. The highest BCUT2D eigenvalue weighted by molar-refractivity contribution is 5.79. The quantitative estimate of drug-likeness (QED) is 0.721. The van der Waals surface area contributed by atoms with Gasteiger partial charge in [-0.2, -0.15) is 5.10 Å². The van der Waals surface area contributed by atoms with Crippen LogP contribution < -0.4 is 5.32 Å². The Morgan fingerprint density at radius 2 is 2.33 bits per heavy atom. The maximum atomic E-state index is 11.4. The molecule has 15 heavy (non-hydrogen) atoms. The van der Waals surface area contributed by atoms with Gasteiger partial charge in [0.05, 0.1) is 13.3 Å². The van der Waals surface area contributed by atoms with E-state index in [0.717, 1.165) is 11.3 Å². The normalized spacial score (nSPS) is 11.5.